The van der Waals surface area contributed by atoms with Gasteiger partial charge in [-0.2, -0.15) is 0 Å². The van der Waals surface area contributed by atoms with Crippen LogP contribution in [-0.2, 0) is 22.6 Å². The van der Waals surface area contributed by atoms with E-state index in [9.17, 15) is 14.0 Å². The zero-order valence-corrected chi connectivity index (χ0v) is 20.9. The molecule has 0 bridgehead atoms. The van der Waals surface area contributed by atoms with E-state index in [0.717, 1.165) is 16.0 Å². The van der Waals surface area contributed by atoms with Gasteiger partial charge >= 0.3 is 0 Å². The Morgan fingerprint density at radius 2 is 1.80 bits per heavy atom. The Bertz CT molecular complexity index is 1360. The van der Waals surface area contributed by atoms with Crippen LogP contribution in [0, 0.1) is 5.82 Å². The molecule has 1 aliphatic heterocycles. The first-order valence-corrected chi connectivity index (χ1v) is 11.8. The predicted molar refractivity (Wildman–Crippen MR) is 141 cm³/mol. The van der Waals surface area contributed by atoms with Crippen LogP contribution >= 0.6 is 28.1 Å². The first-order valence-electron chi connectivity index (χ1n) is 10.6. The fourth-order valence-corrected chi connectivity index (χ4v) is 4.54. The number of halogens is 2. The minimum atomic E-state index is -0.713. The van der Waals surface area contributed by atoms with Crippen LogP contribution < -0.4 is 15.0 Å². The van der Waals surface area contributed by atoms with E-state index in [4.69, 9.17) is 17.0 Å². The molecule has 35 heavy (non-hydrogen) atoms. The zero-order chi connectivity index (χ0) is 24.9. The summed E-state index contributed by atoms with van der Waals surface area (Å²) in [5.41, 5.74) is 2.22. The number of hydrogen-bond acceptors (Lipinski definition) is 4. The second-order valence-corrected chi connectivity index (χ2v) is 8.91. The Morgan fingerprint density at radius 1 is 1.09 bits per heavy atom. The molecule has 0 aliphatic carbocycles. The van der Waals surface area contributed by atoms with Crippen LogP contribution in [-0.4, -0.2) is 16.9 Å². The molecule has 0 aromatic heterocycles. The van der Waals surface area contributed by atoms with Crippen LogP contribution in [0.25, 0.3) is 6.08 Å². The molecule has 1 aliphatic rings. The van der Waals surface area contributed by atoms with Gasteiger partial charge in [-0.1, -0.05) is 48.5 Å². The molecule has 1 heterocycles. The zero-order valence-electron chi connectivity index (χ0n) is 18.5. The first kappa shape index (κ1) is 24.5. The molecule has 2 amide bonds. The summed E-state index contributed by atoms with van der Waals surface area (Å²) in [5, 5.41) is 2.29. The summed E-state index contributed by atoms with van der Waals surface area (Å²) in [6.07, 6.45) is 3.70. The third kappa shape index (κ3) is 5.39. The SMILES string of the molecule is C=CCc1cc(/C=C2\C(=O)NC(=S)N(c3ccccc3F)C2=O)cc(Br)c1OCc1ccccc1. The van der Waals surface area contributed by atoms with Crippen molar-refractivity contribution >= 4 is 56.8 Å². The normalized spacial score (nSPS) is 14.7. The van der Waals surface area contributed by atoms with Crippen LogP contribution in [0.4, 0.5) is 10.1 Å². The van der Waals surface area contributed by atoms with Crippen molar-refractivity contribution < 1.29 is 18.7 Å². The lowest BCUT2D eigenvalue weighted by Gasteiger charge is -2.29. The van der Waals surface area contributed by atoms with E-state index in [0.29, 0.717) is 28.8 Å². The molecule has 3 aromatic rings. The van der Waals surface area contributed by atoms with E-state index in [-0.39, 0.29) is 16.4 Å². The maximum atomic E-state index is 14.4. The largest absolute Gasteiger partial charge is 0.487 e. The molecule has 1 saturated heterocycles. The number of nitrogens with zero attached hydrogens (tertiary/aromatic N) is 1. The molecular weight excluding hydrogens is 531 g/mol. The molecule has 4 rings (SSSR count). The van der Waals surface area contributed by atoms with E-state index in [1.165, 1.54) is 24.3 Å². The standard InChI is InChI=1S/C27H20BrFN2O3S/c1-2-8-19-13-18(15-21(28)24(19)34-16-17-9-4-3-5-10-17)14-20-25(32)30-27(35)31(26(20)33)23-12-7-6-11-22(23)29/h2-7,9-15H,1,8,16H2,(H,30,32,35)/b20-14+. The summed E-state index contributed by atoms with van der Waals surface area (Å²) in [5.74, 6) is -1.35. The highest BCUT2D eigenvalue weighted by molar-refractivity contribution is 9.10. The highest BCUT2D eigenvalue weighted by Gasteiger charge is 2.35. The molecule has 0 atom stereocenters. The highest BCUT2D eigenvalue weighted by atomic mass is 79.9. The second-order valence-electron chi connectivity index (χ2n) is 7.67. The third-order valence-corrected chi connectivity index (χ3v) is 6.11. The molecule has 5 nitrogen and oxygen atoms in total. The van der Waals surface area contributed by atoms with Crippen LogP contribution in [0.3, 0.4) is 0 Å². The maximum Gasteiger partial charge on any atom is 0.270 e. The summed E-state index contributed by atoms with van der Waals surface area (Å²) < 4.78 is 21.1. The van der Waals surface area contributed by atoms with Crippen LogP contribution in [0.2, 0.25) is 0 Å². The van der Waals surface area contributed by atoms with Gasteiger partial charge in [0.15, 0.2) is 5.11 Å². The summed E-state index contributed by atoms with van der Waals surface area (Å²) in [4.78, 5) is 26.8. The van der Waals surface area contributed by atoms with Gasteiger partial charge in [0.05, 0.1) is 10.2 Å². The number of thiocarbonyl (C=S) groups is 1. The minimum absolute atomic E-state index is 0.0356. The van der Waals surface area contributed by atoms with Gasteiger partial charge in [0, 0.05) is 0 Å². The van der Waals surface area contributed by atoms with Crippen molar-refractivity contribution in [1.82, 2.24) is 5.32 Å². The average Bonchev–Trinajstić information content (AvgIpc) is 2.83. The van der Waals surface area contributed by atoms with Gasteiger partial charge in [-0.15, -0.1) is 6.58 Å². The third-order valence-electron chi connectivity index (χ3n) is 5.24. The number of para-hydroxylation sites is 1. The quantitative estimate of drug-likeness (QED) is 0.177. The summed E-state index contributed by atoms with van der Waals surface area (Å²) in [7, 11) is 0. The van der Waals surface area contributed by atoms with Crippen LogP contribution in [0.1, 0.15) is 16.7 Å². The van der Waals surface area contributed by atoms with Gasteiger partial charge in [0.1, 0.15) is 23.7 Å². The fourth-order valence-electron chi connectivity index (χ4n) is 3.63. The lowest BCUT2D eigenvalue weighted by Crippen LogP contribution is -2.54. The van der Waals surface area contributed by atoms with Crippen LogP contribution in [0.15, 0.2) is 89.4 Å². The maximum absolute atomic E-state index is 14.4. The molecule has 8 heteroatoms. The number of hydrogen-bond donors (Lipinski definition) is 1. The van der Waals surface area contributed by atoms with Crippen molar-refractivity contribution in [2.24, 2.45) is 0 Å². The smallest absolute Gasteiger partial charge is 0.270 e. The predicted octanol–water partition coefficient (Wildman–Crippen LogP) is 5.73. The molecule has 0 spiro atoms. The van der Waals surface area contributed by atoms with Gasteiger partial charge in [-0.3, -0.25) is 14.9 Å². The monoisotopic (exact) mass is 550 g/mol. The van der Waals surface area contributed by atoms with E-state index >= 15 is 0 Å². The van der Waals surface area contributed by atoms with Gasteiger partial charge in [0.2, 0.25) is 0 Å². The number of carbonyl (C=O) groups excluding carboxylic acids is 2. The molecule has 1 fully saturated rings. The lowest BCUT2D eigenvalue weighted by atomic mass is 10.0. The van der Waals surface area contributed by atoms with E-state index in [2.05, 4.69) is 27.8 Å². The van der Waals surface area contributed by atoms with Crippen molar-refractivity contribution in [3.63, 3.8) is 0 Å². The van der Waals surface area contributed by atoms with Crippen molar-refractivity contribution in [2.45, 2.75) is 13.0 Å². The summed E-state index contributed by atoms with van der Waals surface area (Å²) in [6, 6.07) is 19.1. The fraction of sp³-hybridized carbons (Fsp3) is 0.0741. The van der Waals surface area contributed by atoms with Gasteiger partial charge in [0.25, 0.3) is 11.8 Å². The van der Waals surface area contributed by atoms with Crippen molar-refractivity contribution in [3.05, 3.63) is 112 Å². The Balaban J connectivity index is 1.68. The molecule has 0 radical (unpaired) electrons. The number of carbonyl (C=O) groups is 2. The topological polar surface area (TPSA) is 58.6 Å². The molecule has 1 N–H and O–H groups in total. The molecule has 3 aromatic carbocycles. The number of amides is 2. The lowest BCUT2D eigenvalue weighted by molar-refractivity contribution is -0.122. The Hall–Kier alpha value is -3.62. The van der Waals surface area contributed by atoms with Gasteiger partial charge in [-0.25, -0.2) is 9.29 Å². The average molecular weight is 551 g/mol. The Kier molecular flexibility index (Phi) is 7.53. The molecule has 0 unspecified atom stereocenters. The van der Waals surface area contributed by atoms with Gasteiger partial charge in [-0.05, 0) is 81.6 Å². The van der Waals surface area contributed by atoms with E-state index < -0.39 is 17.6 Å². The molecular formula is C27H20BrFN2O3S. The Morgan fingerprint density at radius 3 is 2.51 bits per heavy atom. The van der Waals surface area contributed by atoms with E-state index in [1.807, 2.05) is 36.4 Å². The summed E-state index contributed by atoms with van der Waals surface area (Å²) >= 11 is 8.70. The van der Waals surface area contributed by atoms with Crippen molar-refractivity contribution in [1.29, 1.82) is 0 Å². The van der Waals surface area contributed by atoms with Crippen LogP contribution in [0.5, 0.6) is 5.75 Å². The number of benzene rings is 3. The number of ether oxygens (including phenoxy) is 1. The van der Waals surface area contributed by atoms with E-state index in [1.54, 1.807) is 18.2 Å². The highest BCUT2D eigenvalue weighted by Crippen LogP contribution is 2.34. The number of nitrogens with one attached hydrogen (secondary N) is 1. The van der Waals surface area contributed by atoms with Crippen molar-refractivity contribution in [3.8, 4) is 5.75 Å². The number of rotatable bonds is 7. The minimum Gasteiger partial charge on any atom is -0.487 e. The number of anilines is 1. The number of allylic oxidation sites excluding steroid dienone is 1. The summed E-state index contributed by atoms with van der Waals surface area (Å²) in [6.45, 7) is 4.19. The first-order chi connectivity index (χ1) is 16.9. The molecule has 176 valence electrons. The van der Waals surface area contributed by atoms with Gasteiger partial charge < -0.3 is 4.74 Å². The second kappa shape index (κ2) is 10.8. The Labute approximate surface area is 216 Å². The molecule has 0 saturated carbocycles. The van der Waals surface area contributed by atoms with Crippen molar-refractivity contribution in [2.75, 3.05) is 4.90 Å².